The third kappa shape index (κ3) is 5.73. The minimum atomic E-state index is -2.29. The van der Waals surface area contributed by atoms with Crippen LogP contribution in [0.5, 0.6) is 5.75 Å². The number of anilines is 1. The second-order valence-electron chi connectivity index (χ2n) is 18.8. The molecule has 0 radical (unpaired) electrons. The molecule has 3 N–H and O–H groups in total. The van der Waals surface area contributed by atoms with Gasteiger partial charge in [-0.2, -0.15) is 0 Å². The van der Waals surface area contributed by atoms with Gasteiger partial charge < -0.3 is 43.9 Å². The van der Waals surface area contributed by atoms with Crippen LogP contribution in [-0.2, 0) is 45.8 Å². The Balaban J connectivity index is 1.36. The highest BCUT2D eigenvalue weighted by atomic mass is 32.2. The molecule has 2 bridgehead atoms. The van der Waals surface area contributed by atoms with E-state index < -0.39 is 57.5 Å². The predicted molar refractivity (Wildman–Crippen MR) is 237 cm³/mol. The molecule has 1 saturated carbocycles. The number of ether oxygens (including phenoxy) is 4. The summed E-state index contributed by atoms with van der Waals surface area (Å²) >= 11 is 1.77. The molecule has 334 valence electrons. The maximum atomic E-state index is 15.5. The number of carbonyl (C=O) groups excluding carboxylic acids is 3. The molecule has 0 amide bonds. The molecule has 10 atom stereocenters. The minimum Gasteiger partial charge on any atom is -0.496 e. The van der Waals surface area contributed by atoms with Crippen LogP contribution in [0.15, 0.2) is 47.5 Å². The molecule has 62 heavy (non-hydrogen) atoms. The monoisotopic (exact) mass is 870 g/mol. The fraction of sp³-hybridized carbons (Fsp3) is 0.604. The first-order valence-corrected chi connectivity index (χ1v) is 23.3. The number of hydrogen-bond donors (Lipinski definition) is 3. The van der Waals surface area contributed by atoms with E-state index in [1.54, 1.807) is 18.9 Å². The number of carbonyl (C=O) groups is 3. The SMILES string of the molecule is CCSc1ccc2[nH]c3c(c2c1)CCN1C[C@H](C[C@@](O)(CC)C1)C[C@]3(C(=O)OC)c1cc2c(cc1OC)N(C)[C@H]1[C@@](O)(C(=O)OC)[C@H](OC(C)=O)[C@]3(CC)CC=CN4CC[C@]21[C@@H]43. The number of nitrogens with zero attached hydrogens (tertiary/aromatic N) is 3. The molecular weight excluding hydrogens is 809 g/mol. The van der Waals surface area contributed by atoms with Crippen molar-refractivity contribution in [2.24, 2.45) is 11.3 Å². The van der Waals surface area contributed by atoms with Crippen molar-refractivity contribution in [2.45, 2.75) is 118 Å². The molecule has 2 saturated heterocycles. The summed E-state index contributed by atoms with van der Waals surface area (Å²) in [6, 6.07) is 9.28. The molecule has 3 fully saturated rings. The Bertz CT molecular complexity index is 2350. The van der Waals surface area contributed by atoms with Crippen LogP contribution in [0, 0.1) is 11.3 Å². The number of fused-ring (bicyclic) bond motifs is 6. The van der Waals surface area contributed by atoms with Gasteiger partial charge >= 0.3 is 17.9 Å². The van der Waals surface area contributed by atoms with Gasteiger partial charge in [-0.3, -0.25) is 14.5 Å². The average molecular weight is 871 g/mol. The number of aromatic nitrogens is 1. The van der Waals surface area contributed by atoms with Gasteiger partial charge in [-0.05, 0) is 98.2 Å². The van der Waals surface area contributed by atoms with Crippen molar-refractivity contribution in [1.82, 2.24) is 14.8 Å². The van der Waals surface area contributed by atoms with Crippen LogP contribution >= 0.6 is 11.8 Å². The van der Waals surface area contributed by atoms with E-state index in [2.05, 4.69) is 58.2 Å². The minimum absolute atomic E-state index is 0.107. The summed E-state index contributed by atoms with van der Waals surface area (Å²) in [6.45, 7) is 10.1. The lowest BCUT2D eigenvalue weighted by Gasteiger charge is -2.64. The Morgan fingerprint density at radius 2 is 1.73 bits per heavy atom. The van der Waals surface area contributed by atoms with Gasteiger partial charge in [0.25, 0.3) is 0 Å². The van der Waals surface area contributed by atoms with Crippen molar-refractivity contribution in [3.8, 4) is 5.75 Å². The van der Waals surface area contributed by atoms with Gasteiger partial charge in [0.15, 0.2) is 6.10 Å². The number of aliphatic hydroxyl groups is 2. The number of esters is 3. The summed E-state index contributed by atoms with van der Waals surface area (Å²) in [5, 5.41) is 26.5. The molecule has 14 heteroatoms. The van der Waals surface area contributed by atoms with Crippen LogP contribution in [0.2, 0.25) is 0 Å². The first-order chi connectivity index (χ1) is 29.7. The Morgan fingerprint density at radius 1 is 0.952 bits per heavy atom. The number of rotatable bonds is 9. The van der Waals surface area contributed by atoms with Crippen molar-refractivity contribution in [3.05, 3.63) is 65.0 Å². The van der Waals surface area contributed by atoms with Crippen molar-refractivity contribution in [1.29, 1.82) is 0 Å². The smallest absolute Gasteiger partial charge is 0.344 e. The van der Waals surface area contributed by atoms with Gasteiger partial charge in [0.2, 0.25) is 5.60 Å². The number of allylic oxidation sites excluding steroid dienone is 1. The van der Waals surface area contributed by atoms with Gasteiger partial charge in [-0.15, -0.1) is 11.8 Å². The lowest BCUT2D eigenvalue weighted by molar-refractivity contribution is -0.235. The maximum absolute atomic E-state index is 15.5. The number of H-pyrrole nitrogens is 1. The van der Waals surface area contributed by atoms with E-state index in [1.165, 1.54) is 21.1 Å². The van der Waals surface area contributed by atoms with Crippen molar-refractivity contribution >= 4 is 46.3 Å². The summed E-state index contributed by atoms with van der Waals surface area (Å²) in [6.07, 6.45) is 6.51. The first kappa shape index (κ1) is 43.0. The molecule has 2 aromatic carbocycles. The fourth-order valence-electron chi connectivity index (χ4n) is 13.8. The van der Waals surface area contributed by atoms with Gasteiger partial charge in [-0.1, -0.05) is 26.8 Å². The summed E-state index contributed by atoms with van der Waals surface area (Å²) < 4.78 is 24.1. The standard InChI is InChI=1S/C48H62N4O9S/c1-9-44(56)24-29-25-47(42(54)59-7,38-31(15-19-51(26-29)27-44)32-21-30(62-11-3)13-14-35(32)49-38)34-22-33-36(23-37(34)58-6)50(5)40-46(33)17-20-52-18-12-16-45(10-2,39(46)52)41(61-28(4)53)48(40,57)43(55)60-8/h12-14,18,21-23,29,39-41,49,56-57H,9-11,15-17,19-20,24-27H2,1-8H3/t29-,39+,40-,41-,44+,45-,46-,47+,48+/m1/s1. The highest BCUT2D eigenvalue weighted by molar-refractivity contribution is 7.99. The van der Waals surface area contributed by atoms with E-state index in [-0.39, 0.29) is 12.0 Å². The largest absolute Gasteiger partial charge is 0.496 e. The number of likely N-dealkylation sites (N-methyl/N-ethyl adjacent to an activating group) is 1. The van der Waals surface area contributed by atoms with E-state index in [9.17, 15) is 19.8 Å². The number of benzene rings is 2. The summed E-state index contributed by atoms with van der Waals surface area (Å²) in [7, 11) is 6.19. The molecule has 1 aromatic heterocycles. The second kappa shape index (κ2) is 15.2. The topological polar surface area (TPSA) is 154 Å². The average Bonchev–Trinajstić information content (AvgIpc) is 3.92. The highest BCUT2D eigenvalue weighted by Crippen LogP contribution is 2.69. The molecule has 6 aliphatic rings. The quantitative estimate of drug-likeness (QED) is 0.142. The zero-order valence-electron chi connectivity index (χ0n) is 37.3. The molecular formula is C48H62N4O9S. The van der Waals surface area contributed by atoms with E-state index >= 15 is 4.79 Å². The van der Waals surface area contributed by atoms with E-state index in [0.29, 0.717) is 82.4 Å². The van der Waals surface area contributed by atoms with Crippen molar-refractivity contribution < 1.29 is 43.5 Å². The van der Waals surface area contributed by atoms with Gasteiger partial charge in [-0.25, -0.2) is 4.79 Å². The predicted octanol–water partition coefficient (Wildman–Crippen LogP) is 5.45. The zero-order valence-corrected chi connectivity index (χ0v) is 38.2. The van der Waals surface area contributed by atoms with Gasteiger partial charge in [0.05, 0.1) is 33.0 Å². The summed E-state index contributed by atoms with van der Waals surface area (Å²) in [5.41, 5.74) is -1.52. The lowest BCUT2D eigenvalue weighted by atomic mass is 9.47. The number of nitrogens with one attached hydrogen (secondary N) is 1. The third-order valence-corrected chi connectivity index (χ3v) is 16.9. The van der Waals surface area contributed by atoms with E-state index in [0.717, 1.165) is 44.1 Å². The van der Waals surface area contributed by atoms with E-state index in [4.69, 9.17) is 18.9 Å². The Labute approximate surface area is 368 Å². The highest BCUT2D eigenvalue weighted by Gasteiger charge is 2.80. The molecule has 1 spiro atoms. The van der Waals surface area contributed by atoms with Crippen LogP contribution in [0.25, 0.3) is 10.9 Å². The van der Waals surface area contributed by atoms with Gasteiger partial charge in [0.1, 0.15) is 11.2 Å². The molecule has 6 heterocycles. The zero-order chi connectivity index (χ0) is 44.1. The Hall–Kier alpha value is -4.24. The third-order valence-electron chi connectivity index (χ3n) is 16.1. The maximum Gasteiger partial charge on any atom is 0.344 e. The summed E-state index contributed by atoms with van der Waals surface area (Å²) in [4.78, 5) is 54.6. The van der Waals surface area contributed by atoms with Crippen molar-refractivity contribution in [3.63, 3.8) is 0 Å². The normalized spacial score (nSPS) is 35.5. The van der Waals surface area contributed by atoms with Crippen LogP contribution < -0.4 is 9.64 Å². The number of aromatic amines is 1. The van der Waals surface area contributed by atoms with E-state index in [1.807, 2.05) is 31.9 Å². The van der Waals surface area contributed by atoms with Crippen molar-refractivity contribution in [2.75, 3.05) is 65.2 Å². The molecule has 5 aliphatic heterocycles. The number of methoxy groups -OCH3 is 3. The summed E-state index contributed by atoms with van der Waals surface area (Å²) in [5.74, 6) is -0.630. The molecule has 3 aromatic rings. The van der Waals surface area contributed by atoms with Crippen LogP contribution in [0.1, 0.15) is 88.6 Å². The van der Waals surface area contributed by atoms with Crippen LogP contribution in [0.3, 0.4) is 0 Å². The number of thioether (sulfide) groups is 1. The van der Waals surface area contributed by atoms with Crippen LogP contribution in [0.4, 0.5) is 5.69 Å². The molecule has 9 rings (SSSR count). The van der Waals surface area contributed by atoms with Gasteiger partial charge in [0, 0.05) is 95.8 Å². The molecule has 1 unspecified atom stereocenters. The molecule has 1 aliphatic carbocycles. The lowest BCUT2D eigenvalue weighted by Crippen LogP contribution is -2.81. The number of piperidine rings is 1. The first-order valence-electron chi connectivity index (χ1n) is 22.3. The second-order valence-corrected chi connectivity index (χ2v) is 20.2. The fourth-order valence-corrected chi connectivity index (χ4v) is 14.5. The molecule has 13 nitrogen and oxygen atoms in total. The Kier molecular flexibility index (Phi) is 10.5. The Morgan fingerprint density at radius 3 is 2.40 bits per heavy atom. The van der Waals surface area contributed by atoms with Crippen LogP contribution in [-0.4, -0.2) is 133 Å². The number of hydrogen-bond acceptors (Lipinski definition) is 13.